The summed E-state index contributed by atoms with van der Waals surface area (Å²) in [4.78, 5) is 0. The monoisotopic (exact) mass is 333 g/mol. The molecule has 0 amide bonds. The highest BCUT2D eigenvalue weighted by atomic mass is 35.5. The Hall–Kier alpha value is -1.71. The van der Waals surface area contributed by atoms with Gasteiger partial charge in [-0.2, -0.15) is 0 Å². The summed E-state index contributed by atoms with van der Waals surface area (Å²) >= 11 is 6.20. The fourth-order valence-corrected chi connectivity index (χ4v) is 2.41. The van der Waals surface area contributed by atoms with Gasteiger partial charge in [0.1, 0.15) is 6.61 Å². The van der Waals surface area contributed by atoms with Crippen LogP contribution >= 0.6 is 11.6 Å². The fourth-order valence-electron chi connectivity index (χ4n) is 2.22. The first-order valence-electron chi connectivity index (χ1n) is 7.91. The van der Waals surface area contributed by atoms with Crippen LogP contribution in [-0.4, -0.2) is 13.2 Å². The van der Waals surface area contributed by atoms with Crippen molar-refractivity contribution < 1.29 is 9.47 Å². The number of ether oxygens (including phenoxy) is 2. The maximum atomic E-state index is 6.20. The van der Waals surface area contributed by atoms with Crippen LogP contribution in [-0.2, 0) is 13.2 Å². The summed E-state index contributed by atoms with van der Waals surface area (Å²) in [7, 11) is 1.66. The van der Waals surface area contributed by atoms with Gasteiger partial charge in [0.05, 0.1) is 7.11 Å². The minimum atomic E-state index is 0.413. The summed E-state index contributed by atoms with van der Waals surface area (Å²) in [6.45, 7) is 5.49. The molecule has 0 unspecified atom stereocenters. The Morgan fingerprint density at radius 1 is 1.09 bits per heavy atom. The predicted molar refractivity (Wildman–Crippen MR) is 95.4 cm³/mol. The molecule has 0 bridgehead atoms. The van der Waals surface area contributed by atoms with Gasteiger partial charge in [-0.3, -0.25) is 0 Å². The second kappa shape index (κ2) is 8.80. The van der Waals surface area contributed by atoms with E-state index in [-0.39, 0.29) is 0 Å². The highest BCUT2D eigenvalue weighted by Gasteiger charge is 2.12. The van der Waals surface area contributed by atoms with Crippen molar-refractivity contribution in [2.45, 2.75) is 39.5 Å². The van der Waals surface area contributed by atoms with Crippen molar-refractivity contribution in [1.29, 1.82) is 0 Å². The number of hydrogen-bond acceptors (Lipinski definition) is 3. The first-order chi connectivity index (χ1) is 11.2. The molecule has 0 fully saturated rings. The Morgan fingerprint density at radius 2 is 1.83 bits per heavy atom. The zero-order valence-corrected chi connectivity index (χ0v) is 14.7. The number of para-hydroxylation sites is 1. The third kappa shape index (κ3) is 4.88. The van der Waals surface area contributed by atoms with E-state index in [0.29, 0.717) is 17.7 Å². The average molecular weight is 334 g/mol. The topological polar surface area (TPSA) is 30.5 Å². The van der Waals surface area contributed by atoms with Crippen LogP contribution in [0, 0.1) is 0 Å². The van der Waals surface area contributed by atoms with Gasteiger partial charge in [0.25, 0.3) is 0 Å². The maximum absolute atomic E-state index is 6.20. The largest absolute Gasteiger partial charge is 0.493 e. The minimum Gasteiger partial charge on any atom is -0.493 e. The van der Waals surface area contributed by atoms with Crippen LogP contribution in [0.1, 0.15) is 31.4 Å². The molecule has 3 nitrogen and oxygen atoms in total. The van der Waals surface area contributed by atoms with Gasteiger partial charge in [0.15, 0.2) is 11.5 Å². The molecule has 1 N–H and O–H groups in total. The van der Waals surface area contributed by atoms with E-state index in [1.165, 1.54) is 0 Å². The summed E-state index contributed by atoms with van der Waals surface area (Å²) in [5.74, 6) is 1.51. The normalized spacial score (nSPS) is 12.0. The molecule has 0 spiro atoms. The van der Waals surface area contributed by atoms with E-state index in [9.17, 15) is 0 Å². The molecule has 2 aromatic rings. The molecule has 0 radical (unpaired) electrons. The van der Waals surface area contributed by atoms with E-state index in [1.54, 1.807) is 7.11 Å². The lowest BCUT2D eigenvalue weighted by molar-refractivity contribution is 0.280. The zero-order chi connectivity index (χ0) is 16.7. The molecule has 0 aliphatic carbocycles. The first-order valence-corrected chi connectivity index (χ1v) is 8.29. The second-order valence-electron chi connectivity index (χ2n) is 5.52. The second-order valence-corrected chi connectivity index (χ2v) is 5.93. The molecule has 0 heterocycles. The number of hydrogen-bond donors (Lipinski definition) is 1. The number of nitrogens with one attached hydrogen (secondary N) is 1. The maximum Gasteiger partial charge on any atom is 0.166 e. The molecule has 0 aromatic heterocycles. The Bertz CT molecular complexity index is 631. The van der Waals surface area contributed by atoms with Crippen LogP contribution in [0.15, 0.2) is 42.5 Å². The van der Waals surface area contributed by atoms with Gasteiger partial charge in [-0.25, -0.2) is 0 Å². The third-order valence-corrected chi connectivity index (χ3v) is 4.23. The molecule has 4 heteroatoms. The Kier molecular flexibility index (Phi) is 6.75. The Labute approximate surface area is 143 Å². The molecule has 0 aliphatic rings. The van der Waals surface area contributed by atoms with Crippen molar-refractivity contribution in [3.05, 3.63) is 58.6 Å². The van der Waals surface area contributed by atoms with Crippen molar-refractivity contribution in [3.63, 3.8) is 0 Å². The van der Waals surface area contributed by atoms with E-state index < -0.39 is 0 Å². The van der Waals surface area contributed by atoms with Crippen molar-refractivity contribution in [2.24, 2.45) is 0 Å². The standard InChI is InChI=1S/C19H24ClNO2/c1-4-14(2)21-12-15-9-7-11-18(22-3)19(15)23-13-16-8-5-6-10-17(16)20/h5-11,14,21H,4,12-13H2,1-3H3/t14-/m1/s1. The number of benzene rings is 2. The highest BCUT2D eigenvalue weighted by molar-refractivity contribution is 6.31. The summed E-state index contributed by atoms with van der Waals surface area (Å²) in [6.07, 6.45) is 1.08. The van der Waals surface area contributed by atoms with Crippen LogP contribution in [0.2, 0.25) is 5.02 Å². The SMILES string of the molecule is CC[C@@H](C)NCc1cccc(OC)c1OCc1ccccc1Cl. The molecular weight excluding hydrogens is 310 g/mol. The number of methoxy groups -OCH3 is 1. The summed E-state index contributed by atoms with van der Waals surface area (Å²) in [6, 6.07) is 14.1. The quantitative estimate of drug-likeness (QED) is 0.751. The van der Waals surface area contributed by atoms with E-state index in [2.05, 4.69) is 25.2 Å². The average Bonchev–Trinajstić information content (AvgIpc) is 2.59. The molecule has 124 valence electrons. The molecule has 0 saturated carbocycles. The molecule has 0 aliphatic heterocycles. The third-order valence-electron chi connectivity index (χ3n) is 3.86. The van der Waals surface area contributed by atoms with Gasteiger partial charge >= 0.3 is 0 Å². The summed E-state index contributed by atoms with van der Waals surface area (Å²) in [5, 5.41) is 4.20. The van der Waals surface area contributed by atoms with Crippen molar-refractivity contribution in [3.8, 4) is 11.5 Å². The van der Waals surface area contributed by atoms with Gasteiger partial charge in [0.2, 0.25) is 0 Å². The Morgan fingerprint density at radius 3 is 2.52 bits per heavy atom. The lowest BCUT2D eigenvalue weighted by Crippen LogP contribution is -2.24. The molecular formula is C19H24ClNO2. The zero-order valence-electron chi connectivity index (χ0n) is 13.9. The van der Waals surface area contributed by atoms with Crippen LogP contribution in [0.3, 0.4) is 0 Å². The molecule has 2 aromatic carbocycles. The highest BCUT2D eigenvalue weighted by Crippen LogP contribution is 2.32. The van der Waals surface area contributed by atoms with Gasteiger partial charge < -0.3 is 14.8 Å². The molecule has 0 saturated heterocycles. The number of rotatable bonds is 8. The van der Waals surface area contributed by atoms with Crippen molar-refractivity contribution in [2.75, 3.05) is 7.11 Å². The minimum absolute atomic E-state index is 0.413. The summed E-state index contributed by atoms with van der Waals surface area (Å²) < 4.78 is 11.5. The van der Waals surface area contributed by atoms with Crippen LogP contribution in [0.5, 0.6) is 11.5 Å². The van der Waals surface area contributed by atoms with Gasteiger partial charge in [-0.15, -0.1) is 0 Å². The van der Waals surface area contributed by atoms with Gasteiger partial charge in [0, 0.05) is 28.7 Å². The fraction of sp³-hybridized carbons (Fsp3) is 0.368. The lowest BCUT2D eigenvalue weighted by atomic mass is 10.1. The smallest absolute Gasteiger partial charge is 0.166 e. The van der Waals surface area contributed by atoms with E-state index in [4.69, 9.17) is 21.1 Å². The van der Waals surface area contributed by atoms with E-state index in [0.717, 1.165) is 35.6 Å². The van der Waals surface area contributed by atoms with Crippen molar-refractivity contribution in [1.82, 2.24) is 5.32 Å². The first kappa shape index (κ1) is 17.6. The van der Waals surface area contributed by atoms with Crippen molar-refractivity contribution >= 4 is 11.6 Å². The molecule has 23 heavy (non-hydrogen) atoms. The van der Waals surface area contributed by atoms with Crippen LogP contribution in [0.4, 0.5) is 0 Å². The summed E-state index contributed by atoms with van der Waals surface area (Å²) in [5.41, 5.74) is 2.04. The van der Waals surface area contributed by atoms with Gasteiger partial charge in [-0.1, -0.05) is 48.9 Å². The van der Waals surface area contributed by atoms with E-state index in [1.807, 2.05) is 36.4 Å². The number of halogens is 1. The Balaban J connectivity index is 2.16. The molecule has 1 atom stereocenters. The lowest BCUT2D eigenvalue weighted by Gasteiger charge is -2.17. The predicted octanol–water partition coefficient (Wildman–Crippen LogP) is 4.82. The molecule has 2 rings (SSSR count). The van der Waals surface area contributed by atoms with Crippen LogP contribution < -0.4 is 14.8 Å². The van der Waals surface area contributed by atoms with Gasteiger partial charge in [-0.05, 0) is 25.5 Å². The van der Waals surface area contributed by atoms with Crippen LogP contribution in [0.25, 0.3) is 0 Å². The van der Waals surface area contributed by atoms with E-state index >= 15 is 0 Å².